The largest absolute Gasteiger partial charge is 0.479 e. The second-order valence-corrected chi connectivity index (χ2v) is 4.61. The zero-order chi connectivity index (χ0) is 14.5. The van der Waals surface area contributed by atoms with Crippen molar-refractivity contribution in [3.8, 4) is 5.88 Å². The Labute approximate surface area is 117 Å². The van der Waals surface area contributed by atoms with Crippen LogP contribution in [0.5, 0.6) is 5.88 Å². The molecule has 110 valence electrons. The average molecular weight is 281 g/mol. The summed E-state index contributed by atoms with van der Waals surface area (Å²) >= 11 is 0. The maximum atomic E-state index is 10.8. The van der Waals surface area contributed by atoms with Crippen LogP contribution in [-0.4, -0.2) is 46.4 Å². The number of nitrogens with one attached hydrogen (secondary N) is 1. The first-order chi connectivity index (χ1) is 9.58. The number of anilines is 1. The smallest absolute Gasteiger partial charge is 0.332 e. The Morgan fingerprint density at radius 3 is 3.00 bits per heavy atom. The molecule has 7 heteroatoms. The van der Waals surface area contributed by atoms with Gasteiger partial charge < -0.3 is 19.9 Å². The number of carbonyl (C=O) groups is 1. The Kier molecular flexibility index (Phi) is 4.73. The van der Waals surface area contributed by atoms with Crippen molar-refractivity contribution in [3.05, 3.63) is 11.9 Å². The Hall–Kier alpha value is -1.89. The van der Waals surface area contributed by atoms with E-state index in [9.17, 15) is 4.79 Å². The lowest BCUT2D eigenvalue weighted by atomic mass is 10.2. The van der Waals surface area contributed by atoms with E-state index in [2.05, 4.69) is 15.3 Å². The number of aromatic nitrogens is 2. The lowest BCUT2D eigenvalue weighted by molar-refractivity contribution is -0.149. The van der Waals surface area contributed by atoms with Gasteiger partial charge in [-0.3, -0.25) is 0 Å². The molecule has 1 aromatic rings. The van der Waals surface area contributed by atoms with Crippen LogP contribution in [0.15, 0.2) is 6.07 Å². The van der Waals surface area contributed by atoms with Gasteiger partial charge in [0.25, 0.3) is 0 Å². The van der Waals surface area contributed by atoms with Crippen molar-refractivity contribution in [2.75, 3.05) is 18.5 Å². The number of hydrogen-bond acceptors (Lipinski definition) is 6. The number of hydrogen-bond donors (Lipinski definition) is 2. The van der Waals surface area contributed by atoms with Gasteiger partial charge in [-0.25, -0.2) is 9.78 Å². The first-order valence-electron chi connectivity index (χ1n) is 6.69. The van der Waals surface area contributed by atoms with Gasteiger partial charge in [0.1, 0.15) is 11.6 Å². The van der Waals surface area contributed by atoms with Gasteiger partial charge in [0.15, 0.2) is 6.10 Å². The van der Waals surface area contributed by atoms with E-state index in [4.69, 9.17) is 14.6 Å². The third-order valence-corrected chi connectivity index (χ3v) is 3.00. The summed E-state index contributed by atoms with van der Waals surface area (Å²) in [7, 11) is 0. The normalized spacial score (nSPS) is 21.7. The molecule has 1 aromatic heterocycles. The summed E-state index contributed by atoms with van der Waals surface area (Å²) in [6.45, 7) is 4.75. The molecule has 7 nitrogen and oxygen atoms in total. The predicted molar refractivity (Wildman–Crippen MR) is 72.0 cm³/mol. The third-order valence-electron chi connectivity index (χ3n) is 3.00. The van der Waals surface area contributed by atoms with Crippen molar-refractivity contribution in [3.63, 3.8) is 0 Å². The molecule has 2 unspecified atom stereocenters. The molecule has 1 aliphatic rings. The number of nitrogens with zero attached hydrogens (tertiary/aromatic N) is 2. The predicted octanol–water partition coefficient (Wildman–Crippen LogP) is 1.23. The van der Waals surface area contributed by atoms with Crippen molar-refractivity contribution in [1.29, 1.82) is 0 Å². The summed E-state index contributed by atoms with van der Waals surface area (Å²) in [5.41, 5.74) is 0. The van der Waals surface area contributed by atoms with Crippen molar-refractivity contribution in [1.82, 2.24) is 9.97 Å². The number of aryl methyl sites for hydroxylation is 1. The fourth-order valence-corrected chi connectivity index (χ4v) is 2.11. The van der Waals surface area contributed by atoms with Crippen LogP contribution in [-0.2, 0) is 9.53 Å². The minimum absolute atomic E-state index is 0.109. The highest BCUT2D eigenvalue weighted by atomic mass is 16.5. The fraction of sp³-hybridized carbons (Fsp3) is 0.615. The van der Waals surface area contributed by atoms with Gasteiger partial charge in [-0.1, -0.05) is 0 Å². The van der Waals surface area contributed by atoms with Crippen LogP contribution >= 0.6 is 0 Å². The van der Waals surface area contributed by atoms with Gasteiger partial charge in [0.2, 0.25) is 5.88 Å². The van der Waals surface area contributed by atoms with Crippen molar-refractivity contribution < 1.29 is 19.4 Å². The molecule has 0 bridgehead atoms. The molecule has 2 atom stereocenters. The quantitative estimate of drug-likeness (QED) is 0.809. The summed E-state index contributed by atoms with van der Waals surface area (Å²) in [5.74, 6) is 0.903. The Balaban J connectivity index is 1.89. The number of carboxylic acids is 1. The third kappa shape index (κ3) is 3.80. The second-order valence-electron chi connectivity index (χ2n) is 4.61. The maximum absolute atomic E-state index is 10.8. The van der Waals surface area contributed by atoms with Crippen LogP contribution in [0.1, 0.15) is 25.6 Å². The molecule has 0 amide bonds. The lowest BCUT2D eigenvalue weighted by Crippen LogP contribution is -2.24. The van der Waals surface area contributed by atoms with E-state index in [1.165, 1.54) is 0 Å². The molecular formula is C13H19N3O4. The van der Waals surface area contributed by atoms with E-state index < -0.39 is 12.1 Å². The molecule has 0 spiro atoms. The number of carboxylic acid groups (broad SMARTS) is 1. The standard InChI is InChI=1S/C13H19N3O4/c1-3-19-12-6-11(15-8(2)16-12)14-7-9-4-5-10(20-9)13(17)18/h6,9-10H,3-5,7H2,1-2H3,(H,17,18)(H,14,15,16). The summed E-state index contributed by atoms with van der Waals surface area (Å²) in [6.07, 6.45) is 0.482. The molecule has 1 aliphatic heterocycles. The molecule has 0 radical (unpaired) electrons. The highest BCUT2D eigenvalue weighted by molar-refractivity contribution is 5.72. The van der Waals surface area contributed by atoms with Crippen molar-refractivity contribution >= 4 is 11.8 Å². The van der Waals surface area contributed by atoms with Crippen LogP contribution in [0, 0.1) is 6.92 Å². The summed E-state index contributed by atoms with van der Waals surface area (Å²) in [4.78, 5) is 19.2. The van der Waals surface area contributed by atoms with Crippen molar-refractivity contribution in [2.24, 2.45) is 0 Å². The van der Waals surface area contributed by atoms with Gasteiger partial charge in [-0.05, 0) is 26.7 Å². The van der Waals surface area contributed by atoms with Crippen molar-refractivity contribution in [2.45, 2.75) is 38.9 Å². The molecule has 2 rings (SSSR count). The molecular weight excluding hydrogens is 262 g/mol. The second kappa shape index (κ2) is 6.51. The minimum Gasteiger partial charge on any atom is -0.479 e. The molecule has 1 saturated heterocycles. The zero-order valence-corrected chi connectivity index (χ0v) is 11.6. The molecule has 2 heterocycles. The number of aliphatic carboxylic acids is 1. The number of ether oxygens (including phenoxy) is 2. The molecule has 2 N–H and O–H groups in total. The van der Waals surface area contributed by atoms with E-state index >= 15 is 0 Å². The van der Waals surface area contributed by atoms with Gasteiger partial charge in [0, 0.05) is 12.6 Å². The van der Waals surface area contributed by atoms with Gasteiger partial charge in [-0.2, -0.15) is 4.98 Å². The van der Waals surface area contributed by atoms with Gasteiger partial charge >= 0.3 is 5.97 Å². The van der Waals surface area contributed by atoms with Gasteiger partial charge in [-0.15, -0.1) is 0 Å². The van der Waals surface area contributed by atoms with E-state index in [0.29, 0.717) is 37.1 Å². The van der Waals surface area contributed by atoms with Crippen LogP contribution in [0.25, 0.3) is 0 Å². The molecule has 0 aliphatic carbocycles. The maximum Gasteiger partial charge on any atom is 0.332 e. The van der Waals surface area contributed by atoms with E-state index in [0.717, 1.165) is 6.42 Å². The summed E-state index contributed by atoms with van der Waals surface area (Å²) in [6, 6.07) is 1.72. The highest BCUT2D eigenvalue weighted by Gasteiger charge is 2.30. The van der Waals surface area contributed by atoms with Crippen LogP contribution in [0.3, 0.4) is 0 Å². The Morgan fingerprint density at radius 2 is 2.35 bits per heavy atom. The molecule has 0 aromatic carbocycles. The fourth-order valence-electron chi connectivity index (χ4n) is 2.11. The molecule has 0 saturated carbocycles. The molecule has 20 heavy (non-hydrogen) atoms. The topological polar surface area (TPSA) is 93.6 Å². The van der Waals surface area contributed by atoms with Gasteiger partial charge in [0.05, 0.1) is 12.7 Å². The monoisotopic (exact) mass is 281 g/mol. The number of rotatable bonds is 6. The van der Waals surface area contributed by atoms with E-state index in [-0.39, 0.29) is 6.10 Å². The minimum atomic E-state index is -0.899. The molecule has 1 fully saturated rings. The Morgan fingerprint density at radius 1 is 1.55 bits per heavy atom. The van der Waals surface area contributed by atoms with Crippen LogP contribution in [0.4, 0.5) is 5.82 Å². The van der Waals surface area contributed by atoms with E-state index in [1.807, 2.05) is 6.92 Å². The zero-order valence-electron chi connectivity index (χ0n) is 11.6. The average Bonchev–Trinajstić information content (AvgIpc) is 2.85. The Bertz CT molecular complexity index is 481. The van der Waals surface area contributed by atoms with Crippen LogP contribution < -0.4 is 10.1 Å². The van der Waals surface area contributed by atoms with Crippen LogP contribution in [0.2, 0.25) is 0 Å². The van der Waals surface area contributed by atoms with E-state index in [1.54, 1.807) is 13.0 Å². The highest BCUT2D eigenvalue weighted by Crippen LogP contribution is 2.21. The SMILES string of the molecule is CCOc1cc(NCC2CCC(C(=O)O)O2)nc(C)n1. The first kappa shape index (κ1) is 14.5. The summed E-state index contributed by atoms with van der Waals surface area (Å²) in [5, 5.41) is 12.0. The summed E-state index contributed by atoms with van der Waals surface area (Å²) < 4.78 is 10.8. The first-order valence-corrected chi connectivity index (χ1v) is 6.69. The lowest BCUT2D eigenvalue weighted by Gasteiger charge is -2.13.